The van der Waals surface area contributed by atoms with Crippen LogP contribution in [0.1, 0.15) is 47.0 Å². The molecule has 0 atom stereocenters. The average Bonchev–Trinajstić information content (AvgIpc) is 2.25. The van der Waals surface area contributed by atoms with Crippen LogP contribution in [0.25, 0.3) is 0 Å². The zero-order valence-electron chi connectivity index (χ0n) is 10.4. The smallest absolute Gasteiger partial charge is 0.352 e. The van der Waals surface area contributed by atoms with Gasteiger partial charge in [-0.15, -0.1) is 5.06 Å². The first-order chi connectivity index (χ1) is 7.15. The van der Waals surface area contributed by atoms with Gasteiger partial charge in [0.05, 0.1) is 0 Å². The Morgan fingerprint density at radius 1 is 1.27 bits per heavy atom. The van der Waals surface area contributed by atoms with E-state index >= 15 is 0 Å². The Labute approximate surface area is 93.1 Å². The number of hydrogen-bond acceptors (Lipinski definition) is 3. The highest BCUT2D eigenvalue weighted by Gasteiger charge is 2.09. The first-order valence-corrected chi connectivity index (χ1v) is 5.79. The van der Waals surface area contributed by atoms with Crippen LogP contribution in [0.4, 0.5) is 0 Å². The molecule has 0 aliphatic heterocycles. The molecule has 0 spiro atoms. The van der Waals surface area contributed by atoms with Crippen molar-refractivity contribution in [3.8, 4) is 0 Å². The van der Waals surface area contributed by atoms with Crippen LogP contribution in [0.5, 0.6) is 0 Å². The minimum atomic E-state index is -0.227. The third-order valence-electron chi connectivity index (χ3n) is 2.25. The molecule has 0 saturated carbocycles. The topological polar surface area (TPSA) is 29.5 Å². The van der Waals surface area contributed by atoms with E-state index in [1.54, 1.807) is 5.06 Å². The lowest BCUT2D eigenvalue weighted by Crippen LogP contribution is -2.27. The number of allylic oxidation sites excluding steroid dienone is 1. The fourth-order valence-electron chi connectivity index (χ4n) is 1.15. The van der Waals surface area contributed by atoms with Gasteiger partial charge < -0.3 is 4.84 Å². The first kappa shape index (κ1) is 14.2. The summed E-state index contributed by atoms with van der Waals surface area (Å²) in [6, 6.07) is 0. The fourth-order valence-corrected chi connectivity index (χ4v) is 1.15. The second-order valence-corrected chi connectivity index (χ2v) is 3.52. The van der Waals surface area contributed by atoms with Gasteiger partial charge in [0.1, 0.15) is 0 Å². The highest BCUT2D eigenvalue weighted by atomic mass is 16.7. The number of hydroxylamine groups is 2. The molecule has 0 radical (unpaired) electrons. The first-order valence-electron chi connectivity index (χ1n) is 5.79. The van der Waals surface area contributed by atoms with Crippen LogP contribution in [0.3, 0.4) is 0 Å². The minimum absolute atomic E-state index is 0.227. The van der Waals surface area contributed by atoms with E-state index in [4.69, 9.17) is 4.84 Å². The Morgan fingerprint density at radius 2 is 1.87 bits per heavy atom. The van der Waals surface area contributed by atoms with E-state index in [0.717, 1.165) is 32.4 Å². The van der Waals surface area contributed by atoms with E-state index in [1.807, 2.05) is 26.8 Å². The number of unbranched alkanes of at least 4 members (excludes halogenated alkanes) is 2. The molecule has 0 heterocycles. The maximum absolute atomic E-state index is 11.5. The monoisotopic (exact) mass is 213 g/mol. The van der Waals surface area contributed by atoms with Crippen LogP contribution >= 0.6 is 0 Å². The maximum Gasteiger partial charge on any atom is 0.352 e. The molecule has 0 N–H and O–H groups in total. The molecule has 0 unspecified atom stereocenters. The van der Waals surface area contributed by atoms with Crippen LogP contribution < -0.4 is 0 Å². The van der Waals surface area contributed by atoms with Crippen molar-refractivity contribution >= 4 is 5.97 Å². The largest absolute Gasteiger partial charge is 0.364 e. The Hall–Kier alpha value is -0.830. The van der Waals surface area contributed by atoms with Crippen LogP contribution in [-0.2, 0) is 9.63 Å². The van der Waals surface area contributed by atoms with Crippen molar-refractivity contribution in [3.05, 3.63) is 11.6 Å². The maximum atomic E-state index is 11.5. The van der Waals surface area contributed by atoms with E-state index in [2.05, 4.69) is 6.92 Å². The van der Waals surface area contributed by atoms with Crippen LogP contribution in [-0.4, -0.2) is 24.1 Å². The molecule has 0 fully saturated rings. The van der Waals surface area contributed by atoms with Gasteiger partial charge >= 0.3 is 5.97 Å². The summed E-state index contributed by atoms with van der Waals surface area (Å²) < 4.78 is 0. The number of carbonyl (C=O) groups is 1. The molecule has 15 heavy (non-hydrogen) atoms. The van der Waals surface area contributed by atoms with Crippen molar-refractivity contribution in [3.63, 3.8) is 0 Å². The van der Waals surface area contributed by atoms with Crippen molar-refractivity contribution < 1.29 is 9.63 Å². The van der Waals surface area contributed by atoms with Gasteiger partial charge in [-0.25, -0.2) is 4.79 Å². The van der Waals surface area contributed by atoms with E-state index < -0.39 is 0 Å². The Bertz CT molecular complexity index is 208. The second-order valence-electron chi connectivity index (χ2n) is 3.52. The number of rotatable bonds is 7. The minimum Gasteiger partial charge on any atom is -0.364 e. The fraction of sp³-hybridized carbons (Fsp3) is 0.750. The molecular weight excluding hydrogens is 190 g/mol. The van der Waals surface area contributed by atoms with Gasteiger partial charge in [-0.2, -0.15) is 0 Å². The summed E-state index contributed by atoms with van der Waals surface area (Å²) in [5, 5.41) is 1.65. The molecule has 0 aliphatic carbocycles. The summed E-state index contributed by atoms with van der Waals surface area (Å²) in [5.41, 5.74) is 0.704. The molecule has 0 bridgehead atoms. The lowest BCUT2D eigenvalue weighted by atomic mass is 10.2. The number of nitrogens with zero attached hydrogens (tertiary/aromatic N) is 1. The molecule has 0 aromatic carbocycles. The predicted molar refractivity (Wildman–Crippen MR) is 62.3 cm³/mol. The zero-order valence-corrected chi connectivity index (χ0v) is 10.4. The van der Waals surface area contributed by atoms with Gasteiger partial charge in [-0.3, -0.25) is 0 Å². The van der Waals surface area contributed by atoms with Crippen molar-refractivity contribution in [1.29, 1.82) is 0 Å². The van der Waals surface area contributed by atoms with Crippen LogP contribution in [0, 0.1) is 0 Å². The van der Waals surface area contributed by atoms with Crippen molar-refractivity contribution in [2.24, 2.45) is 0 Å². The summed E-state index contributed by atoms with van der Waals surface area (Å²) in [6.45, 7) is 9.33. The molecular formula is C12H23NO2. The summed E-state index contributed by atoms with van der Waals surface area (Å²) in [7, 11) is 0. The standard InChI is InChI=1S/C12H23NO2/c1-5-8-9-10-11(4)12(14)15-13(6-2)7-3/h10H,5-9H2,1-4H3. The van der Waals surface area contributed by atoms with E-state index in [1.165, 1.54) is 0 Å². The quantitative estimate of drug-likeness (QED) is 0.370. The predicted octanol–water partition coefficient (Wildman–Crippen LogP) is 2.92. The highest BCUT2D eigenvalue weighted by Crippen LogP contribution is 2.04. The van der Waals surface area contributed by atoms with Crippen molar-refractivity contribution in [2.75, 3.05) is 13.1 Å². The van der Waals surface area contributed by atoms with Gasteiger partial charge in [0.2, 0.25) is 0 Å². The second kappa shape index (κ2) is 8.48. The van der Waals surface area contributed by atoms with Crippen molar-refractivity contribution in [2.45, 2.75) is 47.0 Å². The molecule has 0 aromatic rings. The van der Waals surface area contributed by atoms with Gasteiger partial charge in [0.15, 0.2) is 0 Å². The third-order valence-corrected chi connectivity index (χ3v) is 2.25. The molecule has 0 amide bonds. The Balaban J connectivity index is 4.02. The average molecular weight is 213 g/mol. The number of hydrogen-bond donors (Lipinski definition) is 0. The van der Waals surface area contributed by atoms with Crippen molar-refractivity contribution in [1.82, 2.24) is 5.06 Å². The molecule has 0 saturated heterocycles. The van der Waals surface area contributed by atoms with Crippen LogP contribution in [0.2, 0.25) is 0 Å². The zero-order chi connectivity index (χ0) is 11.7. The van der Waals surface area contributed by atoms with Gasteiger partial charge in [0.25, 0.3) is 0 Å². The summed E-state index contributed by atoms with van der Waals surface area (Å²) in [6.07, 6.45) is 5.18. The summed E-state index contributed by atoms with van der Waals surface area (Å²) >= 11 is 0. The van der Waals surface area contributed by atoms with Crippen LogP contribution in [0.15, 0.2) is 11.6 Å². The van der Waals surface area contributed by atoms with E-state index in [9.17, 15) is 4.79 Å². The molecule has 88 valence electrons. The van der Waals surface area contributed by atoms with Gasteiger partial charge in [0, 0.05) is 18.7 Å². The van der Waals surface area contributed by atoms with Gasteiger partial charge in [-0.1, -0.05) is 25.8 Å². The highest BCUT2D eigenvalue weighted by molar-refractivity contribution is 5.87. The summed E-state index contributed by atoms with van der Waals surface area (Å²) in [4.78, 5) is 16.7. The molecule has 3 nitrogen and oxygen atoms in total. The Kier molecular flexibility index (Phi) is 8.01. The Morgan fingerprint density at radius 3 is 2.33 bits per heavy atom. The SMILES string of the molecule is CCCCC=C(C)C(=O)ON(CC)CC. The summed E-state index contributed by atoms with van der Waals surface area (Å²) in [5.74, 6) is -0.227. The van der Waals surface area contributed by atoms with E-state index in [0.29, 0.717) is 5.57 Å². The van der Waals surface area contributed by atoms with Gasteiger partial charge in [-0.05, 0) is 27.2 Å². The number of carbonyl (C=O) groups excluding carboxylic acids is 1. The van der Waals surface area contributed by atoms with E-state index in [-0.39, 0.29) is 5.97 Å². The lowest BCUT2D eigenvalue weighted by molar-refractivity contribution is -0.183. The molecule has 0 aliphatic rings. The third kappa shape index (κ3) is 6.28. The lowest BCUT2D eigenvalue weighted by Gasteiger charge is -2.17. The molecule has 3 heteroatoms. The molecule has 0 aromatic heterocycles. The molecule has 0 rings (SSSR count). The normalized spacial score (nSPS) is 11.9.